The third kappa shape index (κ3) is 5.15. The second-order valence-electron chi connectivity index (χ2n) is 7.64. The topological polar surface area (TPSA) is 84.9 Å². The fourth-order valence-electron chi connectivity index (χ4n) is 2.98. The van der Waals surface area contributed by atoms with Gasteiger partial charge in [0.05, 0.1) is 0 Å². The summed E-state index contributed by atoms with van der Waals surface area (Å²) in [6.07, 6.45) is 0. The average molecular weight is 546 g/mol. The van der Waals surface area contributed by atoms with E-state index in [4.69, 9.17) is 9.16 Å². The molecule has 1 saturated heterocycles. The zero-order chi connectivity index (χ0) is 21.2. The first kappa shape index (κ1) is 22.2. The number of carbonyl (C=O) groups excluding carboxylic acids is 3. The molecule has 2 aliphatic rings. The molecule has 156 valence electrons. The van der Waals surface area contributed by atoms with Crippen molar-refractivity contribution in [3.63, 3.8) is 0 Å². The Morgan fingerprint density at radius 3 is 2.59 bits per heavy atom. The van der Waals surface area contributed by atoms with Crippen molar-refractivity contribution < 1.29 is 23.5 Å². The minimum atomic E-state index is -2.10. The van der Waals surface area contributed by atoms with E-state index in [1.165, 1.54) is 4.90 Å². The second kappa shape index (κ2) is 9.09. The highest BCUT2D eigenvalue weighted by atomic mass is 127. The number of amides is 2. The van der Waals surface area contributed by atoms with E-state index in [2.05, 4.69) is 27.9 Å². The first-order valence-corrected chi connectivity index (χ1v) is 15.1. The molecule has 0 spiro atoms. The van der Waals surface area contributed by atoms with Crippen molar-refractivity contribution in [2.45, 2.75) is 31.1 Å². The van der Waals surface area contributed by atoms with Gasteiger partial charge in [0.2, 0.25) is 8.32 Å². The molecular formula is C19H23IN2O5SSi. The lowest BCUT2D eigenvalue weighted by Gasteiger charge is -2.50. The SMILES string of the molecule is C[Si](C)(C)OC(=O)C1=C(CI)CS[C@@H]2C(NC(=O)COc3ccccc3)C(=O)N12. The van der Waals surface area contributed by atoms with Crippen LogP contribution in [-0.4, -0.2) is 59.2 Å². The first-order chi connectivity index (χ1) is 13.7. The lowest BCUT2D eigenvalue weighted by atomic mass is 10.0. The van der Waals surface area contributed by atoms with Crippen molar-refractivity contribution >= 4 is 60.5 Å². The van der Waals surface area contributed by atoms with Gasteiger partial charge in [-0.25, -0.2) is 4.79 Å². The van der Waals surface area contributed by atoms with Crippen LogP contribution in [0.15, 0.2) is 41.6 Å². The number of benzene rings is 1. The van der Waals surface area contributed by atoms with Crippen molar-refractivity contribution in [1.82, 2.24) is 10.2 Å². The Bertz CT molecular complexity index is 843. The van der Waals surface area contributed by atoms with Crippen LogP contribution in [0.5, 0.6) is 5.75 Å². The Morgan fingerprint density at radius 2 is 1.97 bits per heavy atom. The third-order valence-corrected chi connectivity index (χ3v) is 7.29. The molecule has 7 nitrogen and oxygen atoms in total. The average Bonchev–Trinajstić information content (AvgIpc) is 2.68. The minimum Gasteiger partial charge on any atom is -0.515 e. The number of fused-ring (bicyclic) bond motifs is 1. The molecule has 0 aromatic heterocycles. The summed E-state index contributed by atoms with van der Waals surface area (Å²) in [4.78, 5) is 39.2. The summed E-state index contributed by atoms with van der Waals surface area (Å²) in [6, 6.07) is 8.34. The lowest BCUT2D eigenvalue weighted by Crippen LogP contribution is -2.71. The van der Waals surface area contributed by atoms with Gasteiger partial charge >= 0.3 is 5.97 Å². The van der Waals surface area contributed by atoms with E-state index in [-0.39, 0.29) is 23.8 Å². The number of carbonyl (C=O) groups is 3. The molecule has 1 N–H and O–H groups in total. The van der Waals surface area contributed by atoms with Crippen LogP contribution in [-0.2, 0) is 18.8 Å². The van der Waals surface area contributed by atoms with Crippen molar-refractivity contribution in [3.8, 4) is 5.75 Å². The van der Waals surface area contributed by atoms with Crippen LogP contribution < -0.4 is 10.1 Å². The van der Waals surface area contributed by atoms with Crippen LogP contribution in [0, 0.1) is 0 Å². The van der Waals surface area contributed by atoms with E-state index in [1.807, 2.05) is 37.8 Å². The number of hydrogen-bond acceptors (Lipinski definition) is 6. The molecule has 1 aromatic rings. The molecular weight excluding hydrogens is 523 g/mol. The van der Waals surface area contributed by atoms with Gasteiger partial charge in [-0.1, -0.05) is 40.8 Å². The zero-order valence-electron chi connectivity index (χ0n) is 16.4. The predicted octanol–water partition coefficient (Wildman–Crippen LogP) is 2.53. The molecule has 0 saturated carbocycles. The molecule has 1 fully saturated rings. The highest BCUT2D eigenvalue weighted by Gasteiger charge is 2.54. The Morgan fingerprint density at radius 1 is 1.28 bits per heavy atom. The summed E-state index contributed by atoms with van der Waals surface area (Å²) < 4.78 is 11.7. The number of hydrogen-bond donors (Lipinski definition) is 1. The summed E-state index contributed by atoms with van der Waals surface area (Å²) in [5.74, 6) is 0.108. The summed E-state index contributed by atoms with van der Waals surface area (Å²) in [5.41, 5.74) is 1.24. The number of nitrogens with one attached hydrogen (secondary N) is 1. The van der Waals surface area contributed by atoms with Gasteiger partial charge in [-0.15, -0.1) is 11.8 Å². The summed E-state index contributed by atoms with van der Waals surface area (Å²) >= 11 is 3.73. The molecule has 1 unspecified atom stereocenters. The van der Waals surface area contributed by atoms with Gasteiger partial charge in [0, 0.05) is 10.2 Å². The molecule has 2 amide bonds. The van der Waals surface area contributed by atoms with E-state index in [0.717, 1.165) is 5.57 Å². The molecule has 10 heteroatoms. The number of nitrogens with zero attached hydrogens (tertiary/aromatic N) is 1. The summed E-state index contributed by atoms with van der Waals surface area (Å²) in [6.45, 7) is 5.61. The number of β-lactam (4-membered cyclic amide) rings is 1. The monoisotopic (exact) mass is 546 g/mol. The number of alkyl halides is 1. The zero-order valence-corrected chi connectivity index (χ0v) is 20.4. The van der Waals surface area contributed by atoms with Crippen LogP contribution in [0.25, 0.3) is 0 Å². The summed E-state index contributed by atoms with van der Waals surface area (Å²) in [7, 11) is -2.10. The molecule has 2 aliphatic heterocycles. The molecule has 0 aliphatic carbocycles. The Hall–Kier alpha value is -1.53. The number of ether oxygens (including phenoxy) is 1. The Labute approximate surface area is 188 Å². The van der Waals surface area contributed by atoms with Crippen molar-refractivity contribution in [3.05, 3.63) is 41.6 Å². The largest absolute Gasteiger partial charge is 0.515 e. The molecule has 0 bridgehead atoms. The third-order valence-electron chi connectivity index (χ3n) is 4.23. The van der Waals surface area contributed by atoms with E-state index in [9.17, 15) is 14.4 Å². The standard InChI is InChI=1S/C19H23IN2O5SSi/c1-29(2,3)27-19(25)16-12(9-20)11-28-18-15(17(24)22(16)18)21-14(23)10-26-13-7-5-4-6-8-13/h4-8,15,18H,9-11H2,1-3H3,(H,21,23)/t15?,18-/m1/s1. The van der Waals surface area contributed by atoms with Gasteiger partial charge in [-0.3, -0.25) is 14.5 Å². The van der Waals surface area contributed by atoms with Gasteiger partial charge in [-0.2, -0.15) is 0 Å². The van der Waals surface area contributed by atoms with Gasteiger partial charge in [0.1, 0.15) is 22.9 Å². The van der Waals surface area contributed by atoms with Crippen LogP contribution >= 0.6 is 34.4 Å². The number of halogens is 1. The van der Waals surface area contributed by atoms with Crippen molar-refractivity contribution in [1.29, 1.82) is 0 Å². The van der Waals surface area contributed by atoms with Crippen LogP contribution in [0.3, 0.4) is 0 Å². The lowest BCUT2D eigenvalue weighted by molar-refractivity contribution is -0.150. The van der Waals surface area contributed by atoms with Gasteiger partial charge in [0.15, 0.2) is 6.61 Å². The molecule has 3 rings (SSSR count). The fourth-order valence-corrected chi connectivity index (χ4v) is 5.98. The van der Waals surface area contributed by atoms with Gasteiger partial charge in [0.25, 0.3) is 11.8 Å². The van der Waals surface area contributed by atoms with Crippen LogP contribution in [0.2, 0.25) is 19.6 Å². The summed E-state index contributed by atoms with van der Waals surface area (Å²) in [5, 5.41) is 2.43. The van der Waals surface area contributed by atoms with Gasteiger partial charge < -0.3 is 14.5 Å². The minimum absolute atomic E-state index is 0.176. The maximum absolute atomic E-state index is 12.8. The first-order valence-electron chi connectivity index (χ1n) is 9.14. The van der Waals surface area contributed by atoms with E-state index in [1.54, 1.807) is 23.9 Å². The highest BCUT2D eigenvalue weighted by Crippen LogP contribution is 2.41. The van der Waals surface area contributed by atoms with Gasteiger partial charge in [-0.05, 0) is 37.3 Å². The number of thioether (sulfide) groups is 1. The van der Waals surface area contributed by atoms with E-state index < -0.39 is 20.3 Å². The fraction of sp³-hybridized carbons (Fsp3) is 0.421. The number of rotatable bonds is 7. The Balaban J connectivity index is 1.65. The van der Waals surface area contributed by atoms with Crippen LogP contribution in [0.1, 0.15) is 0 Å². The molecule has 29 heavy (non-hydrogen) atoms. The molecule has 1 aromatic carbocycles. The molecule has 2 atom stereocenters. The number of para-hydroxylation sites is 1. The van der Waals surface area contributed by atoms with Crippen LogP contribution in [0.4, 0.5) is 0 Å². The van der Waals surface area contributed by atoms with Crippen molar-refractivity contribution in [2.24, 2.45) is 0 Å². The maximum Gasteiger partial charge on any atom is 0.341 e. The quantitative estimate of drug-likeness (QED) is 0.245. The van der Waals surface area contributed by atoms with E-state index in [0.29, 0.717) is 21.6 Å². The Kier molecular flexibility index (Phi) is 6.94. The molecule has 2 heterocycles. The predicted molar refractivity (Wildman–Crippen MR) is 122 cm³/mol. The van der Waals surface area contributed by atoms with Crippen molar-refractivity contribution in [2.75, 3.05) is 16.8 Å². The highest BCUT2D eigenvalue weighted by molar-refractivity contribution is 14.1. The normalized spacial score (nSPS) is 21.2. The molecule has 0 radical (unpaired) electrons. The second-order valence-corrected chi connectivity index (χ2v) is 13.9. The maximum atomic E-state index is 12.8. The van der Waals surface area contributed by atoms with E-state index >= 15 is 0 Å². The smallest absolute Gasteiger partial charge is 0.341 e.